The molecule has 2 N–H and O–H groups in total. The molecule has 0 saturated carbocycles. The molecule has 1 aromatic carbocycles. The molecule has 1 aromatic rings. The van der Waals surface area contributed by atoms with E-state index in [0.29, 0.717) is 6.54 Å². The van der Waals surface area contributed by atoms with Crippen molar-refractivity contribution in [2.75, 3.05) is 26.7 Å². The predicted molar refractivity (Wildman–Crippen MR) is 98.7 cm³/mol. The maximum Gasteiger partial charge on any atom is 0.321 e. The van der Waals surface area contributed by atoms with Gasteiger partial charge >= 0.3 is 5.97 Å². The van der Waals surface area contributed by atoms with Gasteiger partial charge in [-0.15, -0.1) is 0 Å². The molecule has 27 heavy (non-hydrogen) atoms. The predicted octanol–water partition coefficient (Wildman–Crippen LogP) is 0.378. The Kier molecular flexibility index (Phi) is 7.92. The summed E-state index contributed by atoms with van der Waals surface area (Å²) >= 11 is 0. The lowest BCUT2D eigenvalue weighted by atomic mass is 10.2. The van der Waals surface area contributed by atoms with Gasteiger partial charge < -0.3 is 15.3 Å². The van der Waals surface area contributed by atoms with Crippen LogP contribution < -0.4 is 5.32 Å². The van der Waals surface area contributed by atoms with Gasteiger partial charge in [-0.3, -0.25) is 14.4 Å². The van der Waals surface area contributed by atoms with Crippen LogP contribution in [-0.4, -0.2) is 73.2 Å². The van der Waals surface area contributed by atoms with Gasteiger partial charge in [0, 0.05) is 39.2 Å². The number of carbonyl (C=O) groups excluding carboxylic acids is 2. The summed E-state index contributed by atoms with van der Waals surface area (Å²) in [5.74, 6) is -2.02. The number of hydrogen-bond acceptors (Lipinski definition) is 5. The third kappa shape index (κ3) is 5.76. The summed E-state index contributed by atoms with van der Waals surface area (Å²) in [6, 6.07) is 4.11. The SMILES string of the molecule is CCN(C)C(=O)c1cccc(S(=O)(=O)N(CCNC(C)=O)C(C)C(=O)O)c1. The van der Waals surface area contributed by atoms with E-state index in [-0.39, 0.29) is 35.4 Å². The minimum Gasteiger partial charge on any atom is -0.480 e. The summed E-state index contributed by atoms with van der Waals surface area (Å²) in [6.45, 7) is 4.50. The molecule has 0 radical (unpaired) electrons. The zero-order valence-corrected chi connectivity index (χ0v) is 16.6. The van der Waals surface area contributed by atoms with E-state index in [2.05, 4.69) is 5.32 Å². The van der Waals surface area contributed by atoms with Gasteiger partial charge in [-0.25, -0.2) is 8.42 Å². The molecule has 0 aliphatic heterocycles. The molecule has 1 unspecified atom stereocenters. The molecule has 10 heteroatoms. The fourth-order valence-corrected chi connectivity index (χ4v) is 3.91. The smallest absolute Gasteiger partial charge is 0.321 e. The number of sulfonamides is 1. The molecule has 2 amide bonds. The molecule has 1 rings (SSSR count). The Hall–Kier alpha value is -2.46. The standard InChI is InChI=1S/C17H25N3O6S/c1-5-19(4)16(22)14-7-6-8-15(11-14)27(25,26)20(12(2)17(23)24)10-9-18-13(3)21/h6-8,11-12H,5,9-10H2,1-4H3,(H,18,21)(H,23,24). The van der Waals surface area contributed by atoms with Crippen LogP contribution in [0, 0.1) is 0 Å². The lowest BCUT2D eigenvalue weighted by molar-refractivity contribution is -0.140. The highest BCUT2D eigenvalue weighted by Gasteiger charge is 2.33. The number of aliphatic carboxylic acids is 1. The fourth-order valence-electron chi connectivity index (χ4n) is 2.28. The maximum atomic E-state index is 13.0. The highest BCUT2D eigenvalue weighted by Crippen LogP contribution is 2.20. The number of amides is 2. The molecular weight excluding hydrogens is 374 g/mol. The van der Waals surface area contributed by atoms with E-state index in [1.807, 2.05) is 0 Å². The van der Waals surface area contributed by atoms with Crippen LogP contribution in [-0.2, 0) is 19.6 Å². The zero-order valence-electron chi connectivity index (χ0n) is 15.8. The van der Waals surface area contributed by atoms with Gasteiger partial charge in [0.05, 0.1) is 4.90 Å². The number of rotatable bonds is 9. The van der Waals surface area contributed by atoms with Gasteiger partial charge in [0.1, 0.15) is 6.04 Å². The molecule has 0 spiro atoms. The first kappa shape index (κ1) is 22.6. The highest BCUT2D eigenvalue weighted by molar-refractivity contribution is 7.89. The molecule has 9 nitrogen and oxygen atoms in total. The van der Waals surface area contributed by atoms with Crippen LogP contribution in [0.4, 0.5) is 0 Å². The van der Waals surface area contributed by atoms with E-state index in [9.17, 15) is 27.9 Å². The van der Waals surface area contributed by atoms with Crippen LogP contribution in [0.15, 0.2) is 29.2 Å². The van der Waals surface area contributed by atoms with Gasteiger partial charge in [0.15, 0.2) is 0 Å². The van der Waals surface area contributed by atoms with Crippen molar-refractivity contribution in [3.05, 3.63) is 29.8 Å². The Morgan fingerprint density at radius 2 is 1.89 bits per heavy atom. The molecule has 150 valence electrons. The largest absolute Gasteiger partial charge is 0.480 e. The molecule has 1 atom stereocenters. The van der Waals surface area contributed by atoms with Gasteiger partial charge in [0.25, 0.3) is 5.91 Å². The molecule has 0 aliphatic carbocycles. The van der Waals surface area contributed by atoms with E-state index in [4.69, 9.17) is 0 Å². The number of carboxylic acid groups (broad SMARTS) is 1. The Balaban J connectivity index is 3.26. The average Bonchev–Trinajstić information content (AvgIpc) is 2.63. The molecule has 0 aromatic heterocycles. The topological polar surface area (TPSA) is 124 Å². The summed E-state index contributed by atoms with van der Waals surface area (Å²) < 4.78 is 26.8. The van der Waals surface area contributed by atoms with Crippen LogP contribution in [0.2, 0.25) is 0 Å². The minimum atomic E-state index is -4.20. The maximum absolute atomic E-state index is 13.0. The summed E-state index contributed by atoms with van der Waals surface area (Å²) in [5.41, 5.74) is 0.185. The molecule has 0 fully saturated rings. The summed E-state index contributed by atoms with van der Waals surface area (Å²) in [5, 5.41) is 11.7. The third-order valence-corrected chi connectivity index (χ3v) is 5.97. The van der Waals surface area contributed by atoms with Crippen molar-refractivity contribution in [2.24, 2.45) is 0 Å². The van der Waals surface area contributed by atoms with Crippen LogP contribution in [0.5, 0.6) is 0 Å². The second-order valence-electron chi connectivity index (χ2n) is 5.96. The van der Waals surface area contributed by atoms with Crippen molar-refractivity contribution < 1.29 is 27.9 Å². The molecule has 0 saturated heterocycles. The van der Waals surface area contributed by atoms with E-state index in [1.54, 1.807) is 14.0 Å². The average molecular weight is 399 g/mol. The monoisotopic (exact) mass is 399 g/mol. The van der Waals surface area contributed by atoms with Gasteiger partial charge in [-0.1, -0.05) is 6.07 Å². The molecule has 0 heterocycles. The first-order valence-corrected chi connectivity index (χ1v) is 9.81. The first-order valence-electron chi connectivity index (χ1n) is 8.37. The number of nitrogens with zero attached hydrogens (tertiary/aromatic N) is 2. The number of carboxylic acids is 1. The molecular formula is C17H25N3O6S. The zero-order chi connectivity index (χ0) is 20.8. The van der Waals surface area contributed by atoms with Crippen molar-refractivity contribution in [3.63, 3.8) is 0 Å². The molecule has 0 aliphatic rings. The second kappa shape index (κ2) is 9.47. The Bertz CT molecular complexity index is 809. The minimum absolute atomic E-state index is 0.0383. The van der Waals surface area contributed by atoms with Crippen molar-refractivity contribution in [1.29, 1.82) is 0 Å². The van der Waals surface area contributed by atoms with Crippen LogP contribution in [0.25, 0.3) is 0 Å². The third-order valence-electron chi connectivity index (χ3n) is 4.00. The Morgan fingerprint density at radius 1 is 1.26 bits per heavy atom. The molecule has 0 bridgehead atoms. The summed E-state index contributed by atoms with van der Waals surface area (Å²) in [6.07, 6.45) is 0. The number of nitrogens with one attached hydrogen (secondary N) is 1. The highest BCUT2D eigenvalue weighted by atomic mass is 32.2. The first-order chi connectivity index (χ1) is 12.5. The van der Waals surface area contributed by atoms with Crippen LogP contribution in [0.3, 0.4) is 0 Å². The lowest BCUT2D eigenvalue weighted by Crippen LogP contribution is -2.46. The van der Waals surface area contributed by atoms with Gasteiger partial charge in [0.2, 0.25) is 15.9 Å². The quantitative estimate of drug-likeness (QED) is 0.619. The second-order valence-corrected chi connectivity index (χ2v) is 7.85. The Morgan fingerprint density at radius 3 is 2.41 bits per heavy atom. The van der Waals surface area contributed by atoms with Crippen molar-refractivity contribution in [2.45, 2.75) is 31.7 Å². The van der Waals surface area contributed by atoms with Crippen molar-refractivity contribution in [3.8, 4) is 0 Å². The van der Waals surface area contributed by atoms with E-state index >= 15 is 0 Å². The Labute approximate surface area is 159 Å². The summed E-state index contributed by atoms with van der Waals surface area (Å²) in [7, 11) is -2.61. The number of hydrogen-bond donors (Lipinski definition) is 2. The summed E-state index contributed by atoms with van der Waals surface area (Å²) in [4.78, 5) is 35.9. The van der Waals surface area contributed by atoms with Crippen molar-refractivity contribution in [1.82, 2.24) is 14.5 Å². The van der Waals surface area contributed by atoms with Crippen LogP contribution >= 0.6 is 0 Å². The van der Waals surface area contributed by atoms with Gasteiger partial charge in [-0.05, 0) is 32.0 Å². The normalized spacial score (nSPS) is 12.5. The van der Waals surface area contributed by atoms with E-state index < -0.39 is 22.0 Å². The van der Waals surface area contributed by atoms with E-state index in [1.165, 1.54) is 43.0 Å². The number of carbonyl (C=O) groups is 3. The van der Waals surface area contributed by atoms with Crippen LogP contribution in [0.1, 0.15) is 31.1 Å². The lowest BCUT2D eigenvalue weighted by Gasteiger charge is -2.26. The number of benzene rings is 1. The van der Waals surface area contributed by atoms with Crippen molar-refractivity contribution >= 4 is 27.8 Å². The fraction of sp³-hybridized carbons (Fsp3) is 0.471. The van der Waals surface area contributed by atoms with E-state index in [0.717, 1.165) is 4.31 Å². The van der Waals surface area contributed by atoms with Gasteiger partial charge in [-0.2, -0.15) is 4.31 Å².